The monoisotopic (exact) mass is 372 g/mol. The molecule has 25 heavy (non-hydrogen) atoms. The second-order valence-electron chi connectivity index (χ2n) is 5.75. The third-order valence-electron chi connectivity index (χ3n) is 4.07. The first-order valence-corrected chi connectivity index (χ1v) is 10.2. The van der Waals surface area contributed by atoms with Crippen molar-refractivity contribution in [3.8, 4) is 16.3 Å². The Hall–Kier alpha value is -2.22. The summed E-state index contributed by atoms with van der Waals surface area (Å²) in [5, 5.41) is 2.41. The number of rotatable bonds is 5. The summed E-state index contributed by atoms with van der Waals surface area (Å²) in [7, 11) is -3.51. The first-order chi connectivity index (χ1) is 12.1. The molecule has 3 aromatic rings. The van der Waals surface area contributed by atoms with E-state index in [1.165, 1.54) is 15.6 Å². The van der Waals surface area contributed by atoms with Crippen LogP contribution in [0.1, 0.15) is 0 Å². The smallest absolute Gasteiger partial charge is 0.273 e. The number of thiazole rings is 1. The van der Waals surface area contributed by atoms with Gasteiger partial charge >= 0.3 is 0 Å². The van der Waals surface area contributed by atoms with E-state index in [2.05, 4.69) is 4.98 Å². The van der Waals surface area contributed by atoms with Crippen LogP contribution < -0.4 is 4.74 Å². The van der Waals surface area contributed by atoms with Crippen LogP contribution in [0.4, 0.5) is 0 Å². The minimum absolute atomic E-state index is 0.141. The van der Waals surface area contributed by atoms with Gasteiger partial charge in [0, 0.05) is 11.6 Å². The van der Waals surface area contributed by atoms with Crippen LogP contribution in [0.25, 0.3) is 11.1 Å². The summed E-state index contributed by atoms with van der Waals surface area (Å²) in [6.07, 6.45) is 1.53. The van der Waals surface area contributed by atoms with Gasteiger partial charge in [-0.2, -0.15) is 4.31 Å². The minimum atomic E-state index is -3.51. The van der Waals surface area contributed by atoms with Crippen molar-refractivity contribution >= 4 is 21.4 Å². The summed E-state index contributed by atoms with van der Waals surface area (Å²) in [5.41, 5.74) is 1.88. The lowest BCUT2D eigenvalue weighted by Crippen LogP contribution is -2.55. The number of ether oxygens (including phenoxy) is 1. The van der Waals surface area contributed by atoms with E-state index in [-0.39, 0.29) is 6.10 Å². The van der Waals surface area contributed by atoms with Gasteiger partial charge in [-0.15, -0.1) is 0 Å². The molecule has 2 heterocycles. The predicted molar refractivity (Wildman–Crippen MR) is 97.2 cm³/mol. The molecule has 1 saturated heterocycles. The molecule has 1 aromatic heterocycles. The number of nitrogens with zero attached hydrogens (tertiary/aromatic N) is 2. The zero-order chi connectivity index (χ0) is 17.3. The third-order valence-corrected chi connectivity index (χ3v) is 6.56. The van der Waals surface area contributed by atoms with Gasteiger partial charge in [-0.3, -0.25) is 0 Å². The molecular weight excluding hydrogens is 356 g/mol. The maximum absolute atomic E-state index is 12.8. The number of benzene rings is 2. The van der Waals surface area contributed by atoms with E-state index in [1.54, 1.807) is 24.4 Å². The first kappa shape index (κ1) is 16.3. The van der Waals surface area contributed by atoms with Crippen LogP contribution in [0.2, 0.25) is 0 Å². The second kappa shape index (κ2) is 6.59. The molecule has 0 radical (unpaired) electrons. The molecule has 7 heteroatoms. The van der Waals surface area contributed by atoms with Gasteiger partial charge in [-0.25, -0.2) is 13.4 Å². The number of hydrogen-bond donors (Lipinski definition) is 0. The van der Waals surface area contributed by atoms with E-state index in [0.717, 1.165) is 11.1 Å². The van der Waals surface area contributed by atoms with Gasteiger partial charge in [0.15, 0.2) is 0 Å². The highest BCUT2D eigenvalue weighted by molar-refractivity contribution is 7.89. The van der Waals surface area contributed by atoms with Crippen LogP contribution >= 0.6 is 11.3 Å². The average Bonchev–Trinajstić information content (AvgIpc) is 3.12. The van der Waals surface area contributed by atoms with Crippen molar-refractivity contribution in [3.05, 3.63) is 66.2 Å². The molecule has 2 aromatic carbocycles. The highest BCUT2D eigenvalue weighted by Crippen LogP contribution is 2.28. The van der Waals surface area contributed by atoms with E-state index in [9.17, 15) is 8.42 Å². The van der Waals surface area contributed by atoms with E-state index >= 15 is 0 Å². The lowest BCUT2D eigenvalue weighted by atomic mass is 10.1. The molecule has 0 unspecified atom stereocenters. The van der Waals surface area contributed by atoms with Crippen molar-refractivity contribution in [1.29, 1.82) is 0 Å². The Bertz CT molecular complexity index is 951. The number of aromatic nitrogens is 1. The van der Waals surface area contributed by atoms with Crippen LogP contribution in [0.5, 0.6) is 5.19 Å². The molecule has 128 valence electrons. The normalized spacial score (nSPS) is 15.7. The maximum atomic E-state index is 12.8. The van der Waals surface area contributed by atoms with Gasteiger partial charge in [-0.05, 0) is 23.3 Å². The maximum Gasteiger partial charge on any atom is 0.273 e. The Morgan fingerprint density at radius 2 is 1.80 bits per heavy atom. The molecule has 1 aliphatic rings. The molecule has 1 fully saturated rings. The van der Waals surface area contributed by atoms with Gasteiger partial charge in [-0.1, -0.05) is 53.8 Å². The average molecular weight is 372 g/mol. The molecule has 1 aliphatic heterocycles. The van der Waals surface area contributed by atoms with Crippen LogP contribution in [0.15, 0.2) is 71.1 Å². The van der Waals surface area contributed by atoms with Crippen molar-refractivity contribution in [2.24, 2.45) is 0 Å². The van der Waals surface area contributed by atoms with Crippen molar-refractivity contribution in [3.63, 3.8) is 0 Å². The Morgan fingerprint density at radius 1 is 1.04 bits per heavy atom. The van der Waals surface area contributed by atoms with Crippen molar-refractivity contribution in [1.82, 2.24) is 9.29 Å². The molecule has 0 spiro atoms. The molecule has 0 bridgehead atoms. The molecule has 0 amide bonds. The van der Waals surface area contributed by atoms with Gasteiger partial charge < -0.3 is 4.74 Å². The lowest BCUT2D eigenvalue weighted by molar-refractivity contribution is 0.0759. The summed E-state index contributed by atoms with van der Waals surface area (Å²) in [5.74, 6) is 0. The van der Waals surface area contributed by atoms with Crippen LogP contribution in [0.3, 0.4) is 0 Å². The van der Waals surface area contributed by atoms with Crippen molar-refractivity contribution in [2.75, 3.05) is 13.1 Å². The third kappa shape index (κ3) is 3.30. The van der Waals surface area contributed by atoms with Crippen LogP contribution in [-0.2, 0) is 10.0 Å². The van der Waals surface area contributed by atoms with Crippen molar-refractivity contribution < 1.29 is 13.2 Å². The first-order valence-electron chi connectivity index (χ1n) is 7.85. The Labute approximate surface area is 150 Å². The summed E-state index contributed by atoms with van der Waals surface area (Å²) in [4.78, 5) is 4.36. The van der Waals surface area contributed by atoms with Crippen LogP contribution in [-0.4, -0.2) is 36.9 Å². The fourth-order valence-corrected chi connectivity index (χ4v) is 4.80. The Morgan fingerprint density at radius 3 is 2.52 bits per heavy atom. The molecule has 0 atom stereocenters. The highest BCUT2D eigenvalue weighted by atomic mass is 32.2. The summed E-state index contributed by atoms with van der Waals surface area (Å²) in [6, 6.07) is 16.8. The molecular formula is C18H16N2O3S2. The molecule has 4 rings (SSSR count). The van der Waals surface area contributed by atoms with Gasteiger partial charge in [0.25, 0.3) is 5.19 Å². The lowest BCUT2D eigenvalue weighted by Gasteiger charge is -2.37. The fourth-order valence-electron chi connectivity index (χ4n) is 2.70. The van der Waals surface area contributed by atoms with Gasteiger partial charge in [0.05, 0.1) is 18.0 Å². The second-order valence-corrected chi connectivity index (χ2v) is 8.55. The topological polar surface area (TPSA) is 59.5 Å². The summed E-state index contributed by atoms with van der Waals surface area (Å²) in [6.45, 7) is 0.689. The molecule has 0 saturated carbocycles. The minimum Gasteiger partial charge on any atom is -0.464 e. The van der Waals surface area contributed by atoms with Crippen LogP contribution in [0, 0.1) is 0 Å². The number of hydrogen-bond acceptors (Lipinski definition) is 5. The van der Waals surface area contributed by atoms with E-state index in [0.29, 0.717) is 23.2 Å². The zero-order valence-corrected chi connectivity index (χ0v) is 14.9. The SMILES string of the molecule is O=S(=O)(c1cccc(-c2ccccc2)c1)N1CC(Oc2nccs2)C1. The molecule has 5 nitrogen and oxygen atoms in total. The van der Waals surface area contributed by atoms with E-state index < -0.39 is 10.0 Å². The highest BCUT2D eigenvalue weighted by Gasteiger charge is 2.38. The Kier molecular flexibility index (Phi) is 4.29. The van der Waals surface area contributed by atoms with Gasteiger partial charge in [0.2, 0.25) is 10.0 Å². The predicted octanol–water partition coefficient (Wildman–Crippen LogP) is 3.26. The molecule has 0 N–H and O–H groups in total. The molecule has 0 aliphatic carbocycles. The number of sulfonamides is 1. The zero-order valence-electron chi connectivity index (χ0n) is 13.3. The quantitative estimate of drug-likeness (QED) is 0.690. The largest absolute Gasteiger partial charge is 0.464 e. The van der Waals surface area contributed by atoms with E-state index in [1.807, 2.05) is 41.8 Å². The fraction of sp³-hybridized carbons (Fsp3) is 0.167. The standard InChI is InChI=1S/C18H16N2O3S2/c21-25(22,20-12-16(13-20)23-18-19-9-10-24-18)17-8-4-7-15(11-17)14-5-2-1-3-6-14/h1-11,16H,12-13H2. The van der Waals surface area contributed by atoms with Gasteiger partial charge in [0.1, 0.15) is 6.10 Å². The van der Waals surface area contributed by atoms with E-state index in [4.69, 9.17) is 4.74 Å². The summed E-state index contributed by atoms with van der Waals surface area (Å²) < 4.78 is 32.7. The van der Waals surface area contributed by atoms with Crippen molar-refractivity contribution in [2.45, 2.75) is 11.0 Å². The Balaban J connectivity index is 1.50. The summed E-state index contributed by atoms with van der Waals surface area (Å²) >= 11 is 1.40.